The number of benzene rings is 1. The molecule has 10 heteroatoms. The van der Waals surface area contributed by atoms with Crippen LogP contribution < -0.4 is 10.9 Å². The molecule has 0 spiro atoms. The molecule has 1 aromatic carbocycles. The second-order valence-corrected chi connectivity index (χ2v) is 3.35. The molecule has 0 bridgehead atoms. The summed E-state index contributed by atoms with van der Waals surface area (Å²) in [4.78, 5) is 27.3. The molecule has 0 saturated carbocycles. The first-order valence-electron chi connectivity index (χ1n) is 5.12. The third kappa shape index (κ3) is 2.75. The number of hydrazine groups is 3. The second kappa shape index (κ2) is 5.29. The van der Waals surface area contributed by atoms with Gasteiger partial charge >= 0.3 is 11.7 Å². The van der Waals surface area contributed by atoms with E-state index in [1.54, 1.807) is 30.3 Å². The van der Waals surface area contributed by atoms with Crippen molar-refractivity contribution in [2.24, 2.45) is 5.10 Å². The normalized spacial score (nSPS) is 14.3. The highest BCUT2D eigenvalue weighted by Gasteiger charge is 2.37. The number of nitro groups is 1. The van der Waals surface area contributed by atoms with Gasteiger partial charge in [-0.3, -0.25) is 4.79 Å². The van der Waals surface area contributed by atoms with E-state index in [0.29, 0.717) is 16.1 Å². The quantitative estimate of drug-likeness (QED) is 0.569. The topological polar surface area (TPSA) is 112 Å². The zero-order valence-electron chi connectivity index (χ0n) is 9.81. The van der Waals surface area contributed by atoms with Crippen LogP contribution in [-0.4, -0.2) is 34.3 Å². The first-order valence-corrected chi connectivity index (χ1v) is 5.12. The van der Waals surface area contributed by atoms with Crippen LogP contribution in [0.2, 0.25) is 0 Å². The van der Waals surface area contributed by atoms with Crippen molar-refractivity contribution in [2.45, 2.75) is 0 Å². The minimum atomic E-state index is -0.831. The lowest BCUT2D eigenvalue weighted by atomic mass is 10.3. The minimum absolute atomic E-state index is 0.349. The summed E-state index contributed by atoms with van der Waals surface area (Å²) < 4.78 is 0. The molecule has 19 heavy (non-hydrogen) atoms. The molecule has 0 saturated heterocycles. The molecule has 10 nitrogen and oxygen atoms in total. The number of amidine groups is 1. The van der Waals surface area contributed by atoms with Gasteiger partial charge < -0.3 is 5.32 Å². The Balaban J connectivity index is 2.14. The summed E-state index contributed by atoms with van der Waals surface area (Å²) in [5.74, 6) is -1.19. The van der Waals surface area contributed by atoms with Crippen LogP contribution in [0.3, 0.4) is 0 Å². The fourth-order valence-electron chi connectivity index (χ4n) is 1.32. The van der Waals surface area contributed by atoms with Crippen molar-refractivity contribution in [3.63, 3.8) is 0 Å². The Hall–Kier alpha value is -2.72. The number of hydrazone groups is 1. The fourth-order valence-corrected chi connectivity index (χ4v) is 1.32. The van der Waals surface area contributed by atoms with Gasteiger partial charge in [0.1, 0.15) is 0 Å². The number of nitrogens with one attached hydrogen (secondary N) is 2. The number of rotatable bonds is 4. The van der Waals surface area contributed by atoms with Gasteiger partial charge in [0.05, 0.1) is 7.11 Å². The molecule has 0 fully saturated rings. The summed E-state index contributed by atoms with van der Waals surface area (Å²) in [6, 6.07) is 8.51. The van der Waals surface area contributed by atoms with Gasteiger partial charge in [0, 0.05) is 10.8 Å². The molecule has 2 rings (SSSR count). The summed E-state index contributed by atoms with van der Waals surface area (Å²) in [6.45, 7) is 0. The van der Waals surface area contributed by atoms with E-state index in [0.717, 1.165) is 0 Å². The monoisotopic (exact) mass is 266 g/mol. The summed E-state index contributed by atoms with van der Waals surface area (Å²) in [6.07, 6.45) is 0. The molecule has 1 aliphatic heterocycles. The molecule has 1 amide bonds. The predicted molar refractivity (Wildman–Crippen MR) is 63.3 cm³/mol. The molecule has 0 aliphatic carbocycles. The van der Waals surface area contributed by atoms with E-state index in [4.69, 9.17) is 0 Å². The third-order valence-electron chi connectivity index (χ3n) is 2.14. The number of nitrogens with zero attached hydrogens (tertiary/aromatic N) is 4. The molecule has 2 N–H and O–H groups in total. The maximum atomic E-state index is 11.9. The Kier molecular flexibility index (Phi) is 3.54. The highest BCUT2D eigenvalue weighted by molar-refractivity contribution is 6.41. The van der Waals surface area contributed by atoms with Gasteiger partial charge in [0.25, 0.3) is 0 Å². The molecule has 1 heterocycles. The lowest BCUT2D eigenvalue weighted by Crippen LogP contribution is -2.49. The van der Waals surface area contributed by atoms with Gasteiger partial charge in [0.2, 0.25) is 0 Å². The maximum absolute atomic E-state index is 11.9. The first-order chi connectivity index (χ1) is 9.11. The molecule has 100 valence electrons. The average molecular weight is 266 g/mol. The SMILES string of the molecule is CON1N=C(C(=O)Nc2ccccc2)N([N+](=O)[O-])N1. The number of hydrogen-bond donors (Lipinski definition) is 2. The van der Waals surface area contributed by atoms with Crippen molar-refractivity contribution in [3.8, 4) is 0 Å². The molecular formula is C9H10N6O4. The van der Waals surface area contributed by atoms with E-state index in [1.807, 2.05) is 0 Å². The molecule has 1 aromatic rings. The van der Waals surface area contributed by atoms with E-state index in [1.165, 1.54) is 7.11 Å². The van der Waals surface area contributed by atoms with E-state index in [9.17, 15) is 14.9 Å². The van der Waals surface area contributed by atoms with E-state index in [2.05, 4.69) is 20.8 Å². The highest BCUT2D eigenvalue weighted by Crippen LogP contribution is 2.08. The van der Waals surface area contributed by atoms with Crippen molar-refractivity contribution < 1.29 is 14.7 Å². The van der Waals surface area contributed by atoms with Crippen LogP contribution in [0.15, 0.2) is 35.4 Å². The van der Waals surface area contributed by atoms with Crippen molar-refractivity contribution in [3.05, 3.63) is 40.4 Å². The molecule has 0 unspecified atom stereocenters. The van der Waals surface area contributed by atoms with Crippen molar-refractivity contribution in [2.75, 3.05) is 12.4 Å². The lowest BCUT2D eigenvalue weighted by molar-refractivity contribution is -0.650. The van der Waals surface area contributed by atoms with Gasteiger partial charge in [-0.25, -0.2) is 15.0 Å². The smallest absolute Gasteiger partial charge is 0.303 e. The number of amides is 1. The van der Waals surface area contributed by atoms with Crippen LogP contribution in [0.5, 0.6) is 0 Å². The molecule has 0 aromatic heterocycles. The molecule has 1 aliphatic rings. The van der Waals surface area contributed by atoms with Gasteiger partial charge in [-0.1, -0.05) is 23.5 Å². The summed E-state index contributed by atoms with van der Waals surface area (Å²) in [5, 5.41) is 17.0. The van der Waals surface area contributed by atoms with E-state index >= 15 is 0 Å². The fraction of sp³-hybridized carbons (Fsp3) is 0.111. The Morgan fingerprint density at radius 2 is 2.16 bits per heavy atom. The largest absolute Gasteiger partial charge is 0.319 e. The van der Waals surface area contributed by atoms with Gasteiger partial charge in [-0.2, -0.15) is 0 Å². The van der Waals surface area contributed by atoms with Crippen molar-refractivity contribution in [1.82, 2.24) is 15.9 Å². The first kappa shape index (κ1) is 12.7. The Morgan fingerprint density at radius 3 is 2.74 bits per heavy atom. The van der Waals surface area contributed by atoms with Crippen LogP contribution in [0.1, 0.15) is 0 Å². The summed E-state index contributed by atoms with van der Waals surface area (Å²) in [5.41, 5.74) is 2.63. The highest BCUT2D eigenvalue weighted by atomic mass is 16.8. The number of anilines is 1. The number of para-hydroxylation sites is 1. The minimum Gasteiger partial charge on any atom is -0.319 e. The molecular weight excluding hydrogens is 256 g/mol. The van der Waals surface area contributed by atoms with Crippen LogP contribution in [0, 0.1) is 10.1 Å². The van der Waals surface area contributed by atoms with Crippen LogP contribution >= 0.6 is 0 Å². The third-order valence-corrected chi connectivity index (χ3v) is 2.14. The zero-order valence-corrected chi connectivity index (χ0v) is 9.81. The Bertz CT molecular complexity index is 519. The zero-order chi connectivity index (χ0) is 13.8. The van der Waals surface area contributed by atoms with Crippen LogP contribution in [-0.2, 0) is 9.63 Å². The van der Waals surface area contributed by atoms with E-state index in [-0.39, 0.29) is 0 Å². The van der Waals surface area contributed by atoms with Gasteiger partial charge in [-0.05, 0) is 17.7 Å². The predicted octanol–water partition coefficient (Wildman–Crippen LogP) is -0.271. The van der Waals surface area contributed by atoms with Gasteiger partial charge in [-0.15, -0.1) is 5.10 Å². The molecule has 0 atom stereocenters. The maximum Gasteiger partial charge on any atom is 0.303 e. The van der Waals surface area contributed by atoms with Crippen LogP contribution in [0.4, 0.5) is 5.69 Å². The second-order valence-electron chi connectivity index (χ2n) is 3.35. The number of hydrogen-bond acceptors (Lipinski definition) is 7. The lowest BCUT2D eigenvalue weighted by Gasteiger charge is -2.10. The van der Waals surface area contributed by atoms with E-state index < -0.39 is 16.8 Å². The summed E-state index contributed by atoms with van der Waals surface area (Å²) in [7, 11) is 1.24. The Labute approximate surface area is 107 Å². The van der Waals surface area contributed by atoms with Crippen molar-refractivity contribution in [1.29, 1.82) is 0 Å². The number of carbonyl (C=O) groups is 1. The van der Waals surface area contributed by atoms with Gasteiger partial charge in [0.15, 0.2) is 5.03 Å². The van der Waals surface area contributed by atoms with Crippen LogP contribution in [0.25, 0.3) is 0 Å². The average Bonchev–Trinajstić information content (AvgIpc) is 2.84. The van der Waals surface area contributed by atoms with Crippen molar-refractivity contribution >= 4 is 17.4 Å². The summed E-state index contributed by atoms with van der Waals surface area (Å²) >= 11 is 0. The Morgan fingerprint density at radius 1 is 1.47 bits per heavy atom. The molecule has 0 radical (unpaired) electrons. The number of carbonyl (C=O) groups excluding carboxylic acids is 1. The standard InChI is InChI=1S/C9H10N6O4/c1-19-14-11-8(13(12-14)15(17)18)9(16)10-7-5-3-2-4-6-7/h2-6,12H,1H3,(H,10,16).